The zero-order valence-electron chi connectivity index (χ0n) is 17.4. The Morgan fingerprint density at radius 2 is 1.77 bits per heavy atom. The summed E-state index contributed by atoms with van der Waals surface area (Å²) >= 11 is 0. The van der Waals surface area contributed by atoms with Crippen LogP contribution in [-0.4, -0.2) is 46.0 Å². The first-order valence-corrected chi connectivity index (χ1v) is 11.6. The molecule has 1 N–H and O–H groups in total. The number of hydrogen-bond donors (Lipinski definition) is 1. The lowest BCUT2D eigenvalue weighted by atomic mass is 10.1. The van der Waals surface area contributed by atoms with Crippen LogP contribution in [0.2, 0.25) is 0 Å². The molecule has 1 saturated heterocycles. The third-order valence-corrected chi connectivity index (χ3v) is 6.45. The molecule has 0 aromatic heterocycles. The normalized spacial score (nSPS) is 14.4. The van der Waals surface area contributed by atoms with Crippen LogP contribution >= 0.6 is 0 Å². The zero-order valence-corrected chi connectivity index (χ0v) is 18.2. The Hall–Kier alpha value is -2.58. The molecule has 2 aromatic carbocycles. The van der Waals surface area contributed by atoms with Gasteiger partial charge in [-0.05, 0) is 62.1 Å². The van der Waals surface area contributed by atoms with E-state index in [-0.39, 0.29) is 22.9 Å². The quantitative estimate of drug-likeness (QED) is 0.692. The molecule has 1 amide bonds. The maximum Gasteiger partial charge on any atom is 0.257 e. The molecule has 3 rings (SSSR count). The Balaban J connectivity index is 1.77. The lowest BCUT2D eigenvalue weighted by molar-refractivity contribution is 0.0720. The van der Waals surface area contributed by atoms with Gasteiger partial charge in [0.05, 0.1) is 24.2 Å². The number of benzene rings is 2. The molecular weight excluding hydrogens is 404 g/mol. The average Bonchev–Trinajstić information content (AvgIpc) is 2.78. The van der Waals surface area contributed by atoms with Crippen LogP contribution < -0.4 is 14.2 Å². The summed E-state index contributed by atoms with van der Waals surface area (Å²) in [5, 5.41) is 0. The molecule has 0 radical (unpaired) electrons. The lowest BCUT2D eigenvalue weighted by Gasteiger charge is -2.27. The Labute approximate surface area is 178 Å². The number of nitrogens with one attached hydrogen (secondary N) is 1. The summed E-state index contributed by atoms with van der Waals surface area (Å²) in [7, 11) is -2.33. The smallest absolute Gasteiger partial charge is 0.257 e. The predicted octanol–water partition coefficient (Wildman–Crippen LogP) is 3.20. The first-order valence-electron chi connectivity index (χ1n) is 10.1. The second kappa shape index (κ2) is 9.95. The highest BCUT2D eigenvalue weighted by Gasteiger charge is 2.24. The van der Waals surface area contributed by atoms with Crippen molar-refractivity contribution in [1.82, 2.24) is 9.62 Å². The number of nitrogens with zero attached hydrogens (tertiary/aromatic N) is 1. The van der Waals surface area contributed by atoms with Crippen molar-refractivity contribution in [3.8, 4) is 11.5 Å². The van der Waals surface area contributed by atoms with E-state index >= 15 is 0 Å². The predicted molar refractivity (Wildman–Crippen MR) is 114 cm³/mol. The molecule has 2 aromatic rings. The number of carbonyl (C=O) groups is 1. The maximum atomic E-state index is 12.9. The maximum absolute atomic E-state index is 12.9. The van der Waals surface area contributed by atoms with Crippen LogP contribution in [0, 0.1) is 0 Å². The molecule has 1 aliphatic rings. The van der Waals surface area contributed by atoms with E-state index in [1.54, 1.807) is 17.0 Å². The second-order valence-corrected chi connectivity index (χ2v) is 8.88. The molecule has 0 aliphatic carbocycles. The first kappa shape index (κ1) is 22.1. The fourth-order valence-electron chi connectivity index (χ4n) is 3.42. The van der Waals surface area contributed by atoms with Gasteiger partial charge >= 0.3 is 0 Å². The van der Waals surface area contributed by atoms with E-state index in [1.807, 2.05) is 19.1 Å². The minimum atomic E-state index is -3.80. The van der Waals surface area contributed by atoms with Gasteiger partial charge in [0.15, 0.2) is 0 Å². The molecule has 0 saturated carbocycles. The standard InChI is InChI=1S/C22H28N2O5S/c1-3-29-18-9-7-17(8-10-18)16-23-30(26,27)19-11-12-21(28-2)20(15-19)22(25)24-13-5-4-6-14-24/h7-12,15,23H,3-6,13-14,16H2,1-2H3. The number of carbonyl (C=O) groups excluding carboxylic acids is 1. The molecule has 0 atom stereocenters. The number of amides is 1. The Morgan fingerprint density at radius 1 is 1.07 bits per heavy atom. The van der Waals surface area contributed by atoms with Crippen LogP contribution in [0.25, 0.3) is 0 Å². The van der Waals surface area contributed by atoms with Gasteiger partial charge in [0.1, 0.15) is 11.5 Å². The van der Waals surface area contributed by atoms with E-state index in [0.717, 1.165) is 30.6 Å². The second-order valence-electron chi connectivity index (χ2n) is 7.12. The highest BCUT2D eigenvalue weighted by atomic mass is 32.2. The number of ether oxygens (including phenoxy) is 2. The third-order valence-electron chi connectivity index (χ3n) is 5.06. The fourth-order valence-corrected chi connectivity index (χ4v) is 4.46. The van der Waals surface area contributed by atoms with E-state index in [0.29, 0.717) is 25.4 Å². The summed E-state index contributed by atoms with van der Waals surface area (Å²) in [5.41, 5.74) is 1.07. The number of hydrogen-bond acceptors (Lipinski definition) is 5. The summed E-state index contributed by atoms with van der Waals surface area (Å²) < 4.78 is 38.9. The molecule has 1 aliphatic heterocycles. The molecule has 0 spiro atoms. The van der Waals surface area contributed by atoms with Crippen molar-refractivity contribution < 1.29 is 22.7 Å². The topological polar surface area (TPSA) is 84.9 Å². The minimum absolute atomic E-state index is 0.0367. The van der Waals surface area contributed by atoms with Crippen molar-refractivity contribution in [1.29, 1.82) is 0 Å². The van der Waals surface area contributed by atoms with Crippen molar-refractivity contribution >= 4 is 15.9 Å². The van der Waals surface area contributed by atoms with Gasteiger partial charge in [-0.25, -0.2) is 13.1 Å². The van der Waals surface area contributed by atoms with Crippen LogP contribution in [0.1, 0.15) is 42.1 Å². The summed E-state index contributed by atoms with van der Waals surface area (Å²) in [6, 6.07) is 11.6. The van der Waals surface area contributed by atoms with Gasteiger partial charge in [-0.15, -0.1) is 0 Å². The molecular formula is C22H28N2O5S. The third kappa shape index (κ3) is 5.31. The monoisotopic (exact) mass is 432 g/mol. The van der Waals surface area contributed by atoms with Crippen molar-refractivity contribution in [3.63, 3.8) is 0 Å². The van der Waals surface area contributed by atoms with Crippen LogP contribution in [0.4, 0.5) is 0 Å². The summed E-state index contributed by atoms with van der Waals surface area (Å²) in [6.07, 6.45) is 3.01. The largest absolute Gasteiger partial charge is 0.496 e. The van der Waals surface area contributed by atoms with Crippen molar-refractivity contribution in [3.05, 3.63) is 53.6 Å². The first-order chi connectivity index (χ1) is 14.4. The fraction of sp³-hybridized carbons (Fsp3) is 0.409. The van der Waals surface area contributed by atoms with Crippen LogP contribution in [0.5, 0.6) is 11.5 Å². The van der Waals surface area contributed by atoms with Gasteiger partial charge in [-0.1, -0.05) is 12.1 Å². The van der Waals surface area contributed by atoms with Gasteiger partial charge in [-0.2, -0.15) is 0 Å². The van der Waals surface area contributed by atoms with E-state index in [2.05, 4.69) is 4.72 Å². The zero-order chi connectivity index (χ0) is 21.6. The van der Waals surface area contributed by atoms with Gasteiger partial charge in [0, 0.05) is 19.6 Å². The van der Waals surface area contributed by atoms with Crippen molar-refractivity contribution in [2.45, 2.75) is 37.6 Å². The Kier molecular flexibility index (Phi) is 7.33. The molecule has 1 fully saturated rings. The number of methoxy groups -OCH3 is 1. The number of rotatable bonds is 8. The molecule has 162 valence electrons. The Bertz CT molecular complexity index is 968. The van der Waals surface area contributed by atoms with E-state index in [9.17, 15) is 13.2 Å². The summed E-state index contributed by atoms with van der Waals surface area (Å²) in [5.74, 6) is 0.909. The Morgan fingerprint density at radius 3 is 2.40 bits per heavy atom. The highest BCUT2D eigenvalue weighted by molar-refractivity contribution is 7.89. The van der Waals surface area contributed by atoms with Gasteiger partial charge in [0.2, 0.25) is 10.0 Å². The molecule has 30 heavy (non-hydrogen) atoms. The van der Waals surface area contributed by atoms with Crippen LogP contribution in [-0.2, 0) is 16.6 Å². The molecule has 1 heterocycles. The summed E-state index contributed by atoms with van der Waals surface area (Å²) in [4.78, 5) is 14.7. The van der Waals surface area contributed by atoms with Gasteiger partial charge < -0.3 is 14.4 Å². The number of piperidine rings is 1. The number of likely N-dealkylation sites (tertiary alicyclic amines) is 1. The van der Waals surface area contributed by atoms with Crippen molar-refractivity contribution in [2.24, 2.45) is 0 Å². The lowest BCUT2D eigenvalue weighted by Crippen LogP contribution is -2.36. The van der Waals surface area contributed by atoms with Gasteiger partial charge in [-0.3, -0.25) is 4.79 Å². The van der Waals surface area contributed by atoms with E-state index < -0.39 is 10.0 Å². The average molecular weight is 433 g/mol. The number of sulfonamides is 1. The van der Waals surface area contributed by atoms with Gasteiger partial charge in [0.25, 0.3) is 5.91 Å². The van der Waals surface area contributed by atoms with E-state index in [4.69, 9.17) is 9.47 Å². The summed E-state index contributed by atoms with van der Waals surface area (Å²) in [6.45, 7) is 3.96. The SMILES string of the molecule is CCOc1ccc(CNS(=O)(=O)c2ccc(OC)c(C(=O)N3CCCCC3)c2)cc1. The van der Waals surface area contributed by atoms with Crippen molar-refractivity contribution in [2.75, 3.05) is 26.8 Å². The highest BCUT2D eigenvalue weighted by Crippen LogP contribution is 2.25. The molecule has 7 nitrogen and oxygen atoms in total. The molecule has 0 bridgehead atoms. The van der Waals surface area contributed by atoms with E-state index in [1.165, 1.54) is 25.3 Å². The molecule has 8 heteroatoms. The molecule has 0 unspecified atom stereocenters. The minimum Gasteiger partial charge on any atom is -0.496 e. The van der Waals surface area contributed by atoms with Crippen LogP contribution in [0.15, 0.2) is 47.4 Å². The van der Waals surface area contributed by atoms with Crippen LogP contribution in [0.3, 0.4) is 0 Å².